The fraction of sp³-hybridized carbons (Fsp3) is 0.684. The van der Waals surface area contributed by atoms with Gasteiger partial charge in [0, 0.05) is 26.2 Å². The van der Waals surface area contributed by atoms with Crippen molar-refractivity contribution in [3.8, 4) is 0 Å². The molecule has 0 radical (unpaired) electrons. The number of pyridine rings is 1. The van der Waals surface area contributed by atoms with Gasteiger partial charge in [0.05, 0.1) is 11.4 Å². The number of piperidine rings is 2. The molecular formula is C19H30N4O. The van der Waals surface area contributed by atoms with E-state index in [4.69, 9.17) is 0 Å². The van der Waals surface area contributed by atoms with Gasteiger partial charge in [0.1, 0.15) is 5.69 Å². The lowest BCUT2D eigenvalue weighted by Gasteiger charge is -2.41. The molecule has 0 aliphatic carbocycles. The Morgan fingerprint density at radius 3 is 2.50 bits per heavy atom. The van der Waals surface area contributed by atoms with E-state index < -0.39 is 0 Å². The Labute approximate surface area is 145 Å². The highest BCUT2D eigenvalue weighted by Crippen LogP contribution is 2.27. The van der Waals surface area contributed by atoms with Crippen molar-refractivity contribution in [3.05, 3.63) is 23.5 Å². The van der Waals surface area contributed by atoms with Crippen molar-refractivity contribution >= 4 is 11.6 Å². The first-order valence-corrected chi connectivity index (χ1v) is 9.44. The molecule has 2 aliphatic heterocycles. The van der Waals surface area contributed by atoms with E-state index in [9.17, 15) is 4.79 Å². The first kappa shape index (κ1) is 17.2. The van der Waals surface area contributed by atoms with Crippen molar-refractivity contribution in [2.75, 3.05) is 38.1 Å². The summed E-state index contributed by atoms with van der Waals surface area (Å²) in [6.45, 7) is 6.87. The second-order valence-corrected chi connectivity index (χ2v) is 6.91. The summed E-state index contributed by atoms with van der Waals surface area (Å²) in [7, 11) is 1.65. The molecule has 3 rings (SSSR count). The highest BCUT2D eigenvalue weighted by atomic mass is 16.1. The lowest BCUT2D eigenvalue weighted by Crippen LogP contribution is -2.47. The Bertz CT molecular complexity index is 560. The molecule has 2 fully saturated rings. The first-order valence-electron chi connectivity index (χ1n) is 9.44. The van der Waals surface area contributed by atoms with E-state index in [0.717, 1.165) is 31.2 Å². The van der Waals surface area contributed by atoms with Gasteiger partial charge in [-0.2, -0.15) is 0 Å². The molecule has 3 heterocycles. The predicted molar refractivity (Wildman–Crippen MR) is 97.7 cm³/mol. The topological polar surface area (TPSA) is 48.5 Å². The van der Waals surface area contributed by atoms with E-state index >= 15 is 0 Å². The predicted octanol–water partition coefficient (Wildman–Crippen LogP) is 2.46. The molecular weight excluding hydrogens is 300 g/mol. The molecule has 5 nitrogen and oxygen atoms in total. The average molecular weight is 330 g/mol. The van der Waals surface area contributed by atoms with Gasteiger partial charge in [-0.05, 0) is 57.3 Å². The van der Waals surface area contributed by atoms with Crippen LogP contribution >= 0.6 is 0 Å². The summed E-state index contributed by atoms with van der Waals surface area (Å²) in [5, 5.41) is 2.65. The summed E-state index contributed by atoms with van der Waals surface area (Å²) in [5.74, 6) is -0.111. The van der Waals surface area contributed by atoms with Crippen molar-refractivity contribution in [3.63, 3.8) is 0 Å². The van der Waals surface area contributed by atoms with Crippen LogP contribution in [0.5, 0.6) is 0 Å². The summed E-state index contributed by atoms with van der Waals surface area (Å²) >= 11 is 0. The molecule has 132 valence electrons. The van der Waals surface area contributed by atoms with Crippen LogP contribution in [0.3, 0.4) is 0 Å². The SMILES string of the molecule is CCc1nc(C(=O)NC)ccc1N1CCC(N2CCCCC2)CC1. The third-order valence-corrected chi connectivity index (χ3v) is 5.46. The maximum Gasteiger partial charge on any atom is 0.269 e. The van der Waals surface area contributed by atoms with Crippen LogP contribution in [0.4, 0.5) is 5.69 Å². The van der Waals surface area contributed by atoms with Gasteiger partial charge in [0.15, 0.2) is 0 Å². The van der Waals surface area contributed by atoms with Gasteiger partial charge >= 0.3 is 0 Å². The Balaban J connectivity index is 1.66. The molecule has 1 amide bonds. The number of aryl methyl sites for hydroxylation is 1. The summed E-state index contributed by atoms with van der Waals surface area (Å²) in [6, 6.07) is 4.69. The smallest absolute Gasteiger partial charge is 0.269 e. The summed E-state index contributed by atoms with van der Waals surface area (Å²) in [4.78, 5) is 21.5. The van der Waals surface area contributed by atoms with Crippen molar-refractivity contribution in [1.29, 1.82) is 0 Å². The van der Waals surface area contributed by atoms with Gasteiger partial charge in [-0.25, -0.2) is 4.98 Å². The summed E-state index contributed by atoms with van der Waals surface area (Å²) < 4.78 is 0. The van der Waals surface area contributed by atoms with Gasteiger partial charge in [-0.3, -0.25) is 4.79 Å². The molecule has 24 heavy (non-hydrogen) atoms. The maximum absolute atomic E-state index is 11.8. The zero-order valence-electron chi connectivity index (χ0n) is 15.1. The van der Waals surface area contributed by atoms with Crippen LogP contribution in [0, 0.1) is 0 Å². The second kappa shape index (κ2) is 7.97. The van der Waals surface area contributed by atoms with Crippen LogP contribution in [0.1, 0.15) is 55.2 Å². The van der Waals surface area contributed by atoms with Crippen molar-refractivity contribution < 1.29 is 4.79 Å². The number of carbonyl (C=O) groups excluding carboxylic acids is 1. The zero-order valence-corrected chi connectivity index (χ0v) is 15.1. The number of nitrogens with one attached hydrogen (secondary N) is 1. The van der Waals surface area contributed by atoms with Crippen LogP contribution in [-0.4, -0.2) is 55.1 Å². The first-order chi connectivity index (χ1) is 11.7. The molecule has 2 saturated heterocycles. The maximum atomic E-state index is 11.8. The number of anilines is 1. The van der Waals surface area contributed by atoms with Crippen LogP contribution in [0.15, 0.2) is 12.1 Å². The molecule has 2 aliphatic rings. The number of carbonyl (C=O) groups is 1. The lowest BCUT2D eigenvalue weighted by molar-refractivity contribution is 0.0958. The van der Waals surface area contributed by atoms with Gasteiger partial charge in [-0.1, -0.05) is 13.3 Å². The minimum atomic E-state index is -0.111. The van der Waals surface area contributed by atoms with E-state index in [1.54, 1.807) is 7.05 Å². The molecule has 0 unspecified atom stereocenters. The molecule has 1 N–H and O–H groups in total. The Hall–Kier alpha value is -1.62. The van der Waals surface area contributed by atoms with Crippen molar-refractivity contribution in [2.24, 2.45) is 0 Å². The number of amides is 1. The summed E-state index contributed by atoms with van der Waals surface area (Å²) in [5.41, 5.74) is 2.76. The Kier molecular flexibility index (Phi) is 5.72. The van der Waals surface area contributed by atoms with Crippen LogP contribution < -0.4 is 10.2 Å². The lowest BCUT2D eigenvalue weighted by atomic mass is 9.99. The molecule has 0 saturated carbocycles. The fourth-order valence-electron chi connectivity index (χ4n) is 4.05. The van der Waals surface area contributed by atoms with Crippen LogP contribution in [0.25, 0.3) is 0 Å². The molecule has 0 atom stereocenters. The fourth-order valence-corrected chi connectivity index (χ4v) is 4.05. The molecule has 1 aromatic rings. The number of likely N-dealkylation sites (tertiary alicyclic amines) is 1. The highest BCUT2D eigenvalue weighted by Gasteiger charge is 2.26. The molecule has 0 aromatic carbocycles. The van der Waals surface area contributed by atoms with Gasteiger partial charge in [-0.15, -0.1) is 0 Å². The monoisotopic (exact) mass is 330 g/mol. The largest absolute Gasteiger partial charge is 0.370 e. The quantitative estimate of drug-likeness (QED) is 0.921. The number of aromatic nitrogens is 1. The van der Waals surface area contributed by atoms with Crippen LogP contribution in [-0.2, 0) is 6.42 Å². The summed E-state index contributed by atoms with van der Waals surface area (Å²) in [6.07, 6.45) is 7.46. The van der Waals surface area contributed by atoms with Crippen molar-refractivity contribution in [1.82, 2.24) is 15.2 Å². The minimum Gasteiger partial charge on any atom is -0.370 e. The molecule has 0 bridgehead atoms. The number of hydrogen-bond donors (Lipinski definition) is 1. The molecule has 0 spiro atoms. The van der Waals surface area contributed by atoms with E-state index in [0.29, 0.717) is 5.69 Å². The third kappa shape index (κ3) is 3.72. The highest BCUT2D eigenvalue weighted by molar-refractivity contribution is 5.92. The zero-order chi connectivity index (χ0) is 16.9. The van der Waals surface area contributed by atoms with Gasteiger partial charge in [0.2, 0.25) is 0 Å². The Morgan fingerprint density at radius 2 is 1.88 bits per heavy atom. The normalized spacial score (nSPS) is 20.2. The standard InChI is InChI=1S/C19H30N4O/c1-3-16-18(8-7-17(21-16)19(24)20-2)23-13-9-15(10-14-23)22-11-5-4-6-12-22/h7-8,15H,3-6,9-14H2,1-2H3,(H,20,24). The van der Waals surface area contributed by atoms with Gasteiger partial charge < -0.3 is 15.1 Å². The molecule has 1 aromatic heterocycles. The van der Waals surface area contributed by atoms with E-state index in [1.165, 1.54) is 50.9 Å². The minimum absolute atomic E-state index is 0.111. The Morgan fingerprint density at radius 1 is 1.17 bits per heavy atom. The number of rotatable bonds is 4. The van der Waals surface area contributed by atoms with E-state index in [-0.39, 0.29) is 5.91 Å². The number of hydrogen-bond acceptors (Lipinski definition) is 4. The molecule has 5 heteroatoms. The van der Waals surface area contributed by atoms with Crippen molar-refractivity contribution in [2.45, 2.75) is 51.5 Å². The number of nitrogens with zero attached hydrogens (tertiary/aromatic N) is 3. The van der Waals surface area contributed by atoms with E-state index in [2.05, 4.69) is 33.1 Å². The van der Waals surface area contributed by atoms with E-state index in [1.807, 2.05) is 6.07 Å². The average Bonchev–Trinajstić information content (AvgIpc) is 2.67. The second-order valence-electron chi connectivity index (χ2n) is 6.91. The van der Waals surface area contributed by atoms with Gasteiger partial charge in [0.25, 0.3) is 5.91 Å². The third-order valence-electron chi connectivity index (χ3n) is 5.46. The van der Waals surface area contributed by atoms with Crippen LogP contribution in [0.2, 0.25) is 0 Å².